The van der Waals surface area contributed by atoms with Gasteiger partial charge in [-0.25, -0.2) is 12.8 Å². The van der Waals surface area contributed by atoms with Gasteiger partial charge in [-0.15, -0.1) is 0 Å². The maximum Gasteiger partial charge on any atom is 0.466 e. The minimum atomic E-state index is -5.95. The van der Waals surface area contributed by atoms with Crippen LogP contribution in [0.1, 0.15) is 6.42 Å². The van der Waals surface area contributed by atoms with Crippen molar-refractivity contribution in [1.82, 2.24) is 0 Å². The number of halogens is 4. The molecule has 0 aliphatic carbocycles. The normalized spacial score (nSPS) is 12.8. The molecule has 0 aromatic heterocycles. The van der Waals surface area contributed by atoms with Gasteiger partial charge in [-0.05, 0) is 53.1 Å². The summed E-state index contributed by atoms with van der Waals surface area (Å²) >= 11 is 1.96. The van der Waals surface area contributed by atoms with Gasteiger partial charge in [-0.1, -0.05) is 71.1 Å². The summed E-state index contributed by atoms with van der Waals surface area (Å²) in [6, 6.07) is 20.5. The Balaban J connectivity index is 2.24. The van der Waals surface area contributed by atoms with Crippen molar-refractivity contribution < 1.29 is 34.7 Å². The number of alkyl halides is 3. The van der Waals surface area contributed by atoms with E-state index in [1.807, 2.05) is 22.6 Å². The van der Waals surface area contributed by atoms with E-state index in [4.69, 9.17) is 3.63 Å². The van der Waals surface area contributed by atoms with E-state index in [2.05, 4.69) is 4.74 Å². The summed E-state index contributed by atoms with van der Waals surface area (Å²) in [5.74, 6) is -3.10. The number of hydrogen-bond donors (Lipinski definition) is 0. The van der Waals surface area contributed by atoms with Gasteiger partial charge in [0.05, 0.1) is 11.5 Å². The molecule has 34 heavy (non-hydrogen) atoms. The van der Waals surface area contributed by atoms with Crippen LogP contribution in [0.4, 0.5) is 13.2 Å². The molecule has 0 amide bonds. The van der Waals surface area contributed by atoms with Crippen LogP contribution in [0.2, 0.25) is 0 Å². The lowest BCUT2D eigenvalue weighted by molar-refractivity contribution is -0.161. The van der Waals surface area contributed by atoms with Gasteiger partial charge in [-0.3, -0.25) is 0 Å². The number of carbonyl (C=O) groups excluding carboxylic acids is 1. The van der Waals surface area contributed by atoms with Gasteiger partial charge in [0.15, 0.2) is 0 Å². The fraction of sp³-hybridized carbons (Fsp3) is 0.174. The first-order chi connectivity index (χ1) is 16.2. The van der Waals surface area contributed by atoms with Crippen LogP contribution < -0.4 is 0 Å². The maximum atomic E-state index is 15.2. The number of ether oxygens (including phenoxy) is 1. The van der Waals surface area contributed by atoms with E-state index in [1.165, 1.54) is 42.5 Å². The average molecular weight is 624 g/mol. The molecule has 0 fully saturated rings. The van der Waals surface area contributed by atoms with Crippen LogP contribution in [-0.4, -0.2) is 30.7 Å². The SMILES string of the molecule is O=C(OCCCI)C(F)(F)S(=O)(=O)OS(c1ccccc1)(c1ccccc1)c1ccccc1F. The summed E-state index contributed by atoms with van der Waals surface area (Å²) < 4.78 is 81.3. The molecule has 3 aromatic rings. The van der Waals surface area contributed by atoms with Gasteiger partial charge >= 0.3 is 21.3 Å². The van der Waals surface area contributed by atoms with Crippen molar-refractivity contribution in [2.24, 2.45) is 0 Å². The first-order valence-corrected chi connectivity index (χ1v) is 14.4. The number of benzene rings is 3. The van der Waals surface area contributed by atoms with E-state index in [0.29, 0.717) is 4.43 Å². The summed E-state index contributed by atoms with van der Waals surface area (Å²) in [7, 11) is -9.57. The van der Waals surface area contributed by atoms with Gasteiger partial charge in [0.25, 0.3) is 0 Å². The van der Waals surface area contributed by atoms with E-state index in [1.54, 1.807) is 36.4 Å². The number of rotatable bonds is 10. The van der Waals surface area contributed by atoms with E-state index < -0.39 is 37.5 Å². The van der Waals surface area contributed by atoms with Crippen molar-refractivity contribution in [3.63, 3.8) is 0 Å². The summed E-state index contributed by atoms with van der Waals surface area (Å²) in [4.78, 5) is 12.1. The lowest BCUT2D eigenvalue weighted by atomic mass is 10.3. The molecule has 0 saturated carbocycles. The van der Waals surface area contributed by atoms with E-state index >= 15 is 4.39 Å². The Hall–Kier alpha value is -2.09. The predicted molar refractivity (Wildman–Crippen MR) is 131 cm³/mol. The Morgan fingerprint density at radius 2 is 1.35 bits per heavy atom. The number of esters is 1. The summed E-state index contributed by atoms with van der Waals surface area (Å²) in [5.41, 5.74) is 0. The Bertz CT molecular complexity index is 1190. The highest BCUT2D eigenvalue weighted by molar-refractivity contribution is 14.1. The average Bonchev–Trinajstić information content (AvgIpc) is 2.84. The number of carbonyl (C=O) groups is 1. The second-order valence-electron chi connectivity index (χ2n) is 6.83. The highest BCUT2D eigenvalue weighted by Gasteiger charge is 2.59. The molecule has 0 unspecified atom stereocenters. The molecule has 0 bridgehead atoms. The molecular formula is C23H20F3IO5S2. The molecule has 0 heterocycles. The van der Waals surface area contributed by atoms with Gasteiger partial charge < -0.3 is 4.74 Å². The van der Waals surface area contributed by atoms with Gasteiger partial charge in [0.2, 0.25) is 0 Å². The fourth-order valence-electron chi connectivity index (χ4n) is 2.99. The minimum absolute atomic E-state index is 0.143. The second kappa shape index (κ2) is 11.1. The molecule has 3 rings (SSSR count). The molecule has 11 heteroatoms. The Labute approximate surface area is 211 Å². The highest BCUT2D eigenvalue weighted by atomic mass is 127. The Kier molecular flexibility index (Phi) is 8.66. The van der Waals surface area contributed by atoms with Crippen LogP contribution >= 0.6 is 32.9 Å². The van der Waals surface area contributed by atoms with Crippen LogP contribution in [0.5, 0.6) is 0 Å². The first kappa shape index (κ1) is 26.5. The Morgan fingerprint density at radius 1 is 0.853 bits per heavy atom. The Morgan fingerprint density at radius 3 is 1.85 bits per heavy atom. The lowest BCUT2D eigenvalue weighted by Crippen LogP contribution is -2.41. The van der Waals surface area contributed by atoms with Crippen LogP contribution in [-0.2, 0) is 23.3 Å². The molecule has 5 nitrogen and oxygen atoms in total. The third-order valence-electron chi connectivity index (χ3n) is 4.55. The molecule has 0 aliphatic rings. The predicted octanol–water partition coefficient (Wildman–Crippen LogP) is 6.33. The van der Waals surface area contributed by atoms with E-state index in [9.17, 15) is 22.0 Å². The topological polar surface area (TPSA) is 69.7 Å². The van der Waals surface area contributed by atoms with Crippen molar-refractivity contribution in [2.75, 3.05) is 11.0 Å². The smallest absolute Gasteiger partial charge is 0.460 e. The van der Waals surface area contributed by atoms with E-state index in [0.717, 1.165) is 6.07 Å². The molecule has 0 N–H and O–H groups in total. The maximum absolute atomic E-state index is 15.2. The molecule has 0 aliphatic heterocycles. The molecule has 0 atom stereocenters. The highest BCUT2D eigenvalue weighted by Crippen LogP contribution is 2.71. The van der Waals surface area contributed by atoms with Crippen molar-refractivity contribution in [2.45, 2.75) is 26.4 Å². The van der Waals surface area contributed by atoms with Gasteiger partial charge in [0, 0.05) is 14.2 Å². The molecule has 0 radical (unpaired) electrons. The minimum Gasteiger partial charge on any atom is -0.460 e. The van der Waals surface area contributed by atoms with Gasteiger partial charge in [0.1, 0.15) is 5.82 Å². The zero-order chi connectivity index (χ0) is 24.8. The zero-order valence-corrected chi connectivity index (χ0v) is 21.4. The largest absolute Gasteiger partial charge is 0.466 e. The van der Waals surface area contributed by atoms with Crippen LogP contribution in [0.15, 0.2) is 99.6 Å². The van der Waals surface area contributed by atoms with Crippen LogP contribution in [0, 0.1) is 5.82 Å². The zero-order valence-electron chi connectivity index (χ0n) is 17.6. The van der Waals surface area contributed by atoms with Crippen molar-refractivity contribution in [3.05, 3.63) is 90.7 Å². The fourth-order valence-corrected chi connectivity index (χ4v) is 8.38. The quantitative estimate of drug-likeness (QED) is 0.114. The summed E-state index contributed by atoms with van der Waals surface area (Å²) in [5, 5.41) is -5.02. The van der Waals surface area contributed by atoms with Crippen LogP contribution in [0.3, 0.4) is 0 Å². The number of hydrogen-bond acceptors (Lipinski definition) is 5. The third kappa shape index (κ3) is 5.26. The lowest BCUT2D eigenvalue weighted by Gasteiger charge is -2.39. The van der Waals surface area contributed by atoms with Gasteiger partial charge in [-0.2, -0.15) is 17.2 Å². The van der Waals surface area contributed by atoms with Crippen molar-refractivity contribution in [1.29, 1.82) is 0 Å². The summed E-state index contributed by atoms with van der Waals surface area (Å²) in [6.45, 7) is -0.379. The molecule has 3 aromatic carbocycles. The van der Waals surface area contributed by atoms with E-state index in [-0.39, 0.29) is 27.7 Å². The second-order valence-corrected chi connectivity index (χ2v) is 12.4. The summed E-state index contributed by atoms with van der Waals surface area (Å²) in [6.07, 6.45) is 0.266. The standard InChI is InChI=1S/C23H20F3IO5S2/c24-20-14-7-8-15-21(20)33(18-10-3-1-4-11-18,19-12-5-2-6-13-19)32-34(29,30)23(25,26)22(28)31-17-9-16-27/h1-8,10-15H,9,16-17H2. The molecule has 0 saturated heterocycles. The van der Waals surface area contributed by atoms with Crippen molar-refractivity contribution >= 4 is 49.0 Å². The molecular weight excluding hydrogens is 604 g/mol. The van der Waals surface area contributed by atoms with Crippen molar-refractivity contribution in [3.8, 4) is 0 Å². The molecule has 182 valence electrons. The van der Waals surface area contributed by atoms with Crippen LogP contribution in [0.25, 0.3) is 0 Å². The first-order valence-electron chi connectivity index (χ1n) is 9.91. The molecule has 0 spiro atoms. The monoisotopic (exact) mass is 624 g/mol. The third-order valence-corrected chi connectivity index (χ3v) is 10.5.